The summed E-state index contributed by atoms with van der Waals surface area (Å²) in [5, 5.41) is 21.2. The van der Waals surface area contributed by atoms with Gasteiger partial charge in [-0.3, -0.25) is 0 Å². The van der Waals surface area contributed by atoms with Gasteiger partial charge in [0.15, 0.2) is 0 Å². The molecular weight excluding hydrogens is 188 g/mol. The van der Waals surface area contributed by atoms with Crippen molar-refractivity contribution in [3.05, 3.63) is 0 Å². The molecule has 15 heavy (non-hydrogen) atoms. The molecule has 0 aromatic rings. The molecule has 0 spiro atoms. The van der Waals surface area contributed by atoms with Gasteiger partial charge in [0, 0.05) is 6.04 Å². The third kappa shape index (κ3) is 6.48. The number of hydrogen-bond donors (Lipinski definition) is 2. The lowest BCUT2D eigenvalue weighted by atomic mass is 9.90. The van der Waals surface area contributed by atoms with Crippen LogP contribution in [0.4, 0.5) is 0 Å². The first-order valence-electron chi connectivity index (χ1n) is 5.68. The van der Waals surface area contributed by atoms with Crippen LogP contribution in [-0.2, 0) is 0 Å². The minimum atomic E-state index is -0.228. The van der Waals surface area contributed by atoms with Crippen LogP contribution in [0.3, 0.4) is 0 Å². The van der Waals surface area contributed by atoms with Crippen LogP contribution in [0.25, 0.3) is 0 Å². The first kappa shape index (κ1) is 14.4. The van der Waals surface area contributed by atoms with Crippen molar-refractivity contribution in [2.45, 2.75) is 46.6 Å². The molecule has 0 fully saturated rings. The van der Waals surface area contributed by atoms with E-state index in [2.05, 4.69) is 25.2 Å². The van der Waals surface area contributed by atoms with E-state index in [1.54, 1.807) is 0 Å². The Morgan fingerprint density at radius 3 is 2.40 bits per heavy atom. The number of aliphatic hydroxyl groups excluding tert-OH is 1. The molecule has 1 atom stereocenters. The van der Waals surface area contributed by atoms with Crippen molar-refractivity contribution in [1.82, 2.24) is 5.32 Å². The summed E-state index contributed by atoms with van der Waals surface area (Å²) in [7, 11) is 0. The Labute approximate surface area is 93.5 Å². The Kier molecular flexibility index (Phi) is 6.55. The van der Waals surface area contributed by atoms with E-state index in [9.17, 15) is 0 Å². The molecule has 3 nitrogen and oxygen atoms in total. The summed E-state index contributed by atoms with van der Waals surface area (Å²) in [6.45, 7) is 9.14. The molecule has 3 heteroatoms. The van der Waals surface area contributed by atoms with Crippen LogP contribution in [-0.4, -0.2) is 24.3 Å². The van der Waals surface area contributed by atoms with E-state index in [4.69, 9.17) is 10.4 Å². The SMILES string of the molecule is CC(C)[C@@H](CO)NCCCC(C)(C)C#N. The third-order valence-corrected chi connectivity index (χ3v) is 2.69. The van der Waals surface area contributed by atoms with Gasteiger partial charge in [-0.15, -0.1) is 0 Å². The predicted molar refractivity (Wildman–Crippen MR) is 62.3 cm³/mol. The van der Waals surface area contributed by atoms with Gasteiger partial charge in [-0.05, 0) is 39.2 Å². The van der Waals surface area contributed by atoms with Crippen molar-refractivity contribution in [2.24, 2.45) is 11.3 Å². The van der Waals surface area contributed by atoms with Gasteiger partial charge in [-0.1, -0.05) is 13.8 Å². The van der Waals surface area contributed by atoms with Crippen LogP contribution >= 0.6 is 0 Å². The van der Waals surface area contributed by atoms with E-state index in [-0.39, 0.29) is 18.1 Å². The van der Waals surface area contributed by atoms with Crippen LogP contribution in [0.2, 0.25) is 0 Å². The van der Waals surface area contributed by atoms with Crippen LogP contribution in [0.1, 0.15) is 40.5 Å². The van der Waals surface area contributed by atoms with Crippen molar-refractivity contribution < 1.29 is 5.11 Å². The summed E-state index contributed by atoms with van der Waals surface area (Å²) in [5.41, 5.74) is -0.228. The monoisotopic (exact) mass is 212 g/mol. The van der Waals surface area contributed by atoms with E-state index in [1.807, 2.05) is 13.8 Å². The Hall–Kier alpha value is -0.590. The minimum Gasteiger partial charge on any atom is -0.395 e. The van der Waals surface area contributed by atoms with Gasteiger partial charge in [0.2, 0.25) is 0 Å². The number of nitrogens with zero attached hydrogens (tertiary/aromatic N) is 1. The zero-order valence-corrected chi connectivity index (χ0v) is 10.4. The van der Waals surface area contributed by atoms with Crippen molar-refractivity contribution in [3.63, 3.8) is 0 Å². The average Bonchev–Trinajstić information content (AvgIpc) is 2.17. The first-order valence-corrected chi connectivity index (χ1v) is 5.68. The lowest BCUT2D eigenvalue weighted by molar-refractivity contribution is 0.209. The van der Waals surface area contributed by atoms with E-state index in [0.717, 1.165) is 19.4 Å². The van der Waals surface area contributed by atoms with E-state index >= 15 is 0 Å². The quantitative estimate of drug-likeness (QED) is 0.634. The minimum absolute atomic E-state index is 0.176. The molecule has 0 saturated heterocycles. The molecule has 0 aliphatic carbocycles. The number of aliphatic hydroxyl groups is 1. The van der Waals surface area contributed by atoms with E-state index in [1.165, 1.54) is 0 Å². The molecule has 0 aromatic carbocycles. The van der Waals surface area contributed by atoms with Gasteiger partial charge >= 0.3 is 0 Å². The molecular formula is C12H24N2O. The van der Waals surface area contributed by atoms with Gasteiger partial charge in [0.05, 0.1) is 18.1 Å². The second-order valence-electron chi connectivity index (χ2n) is 5.09. The Morgan fingerprint density at radius 2 is 2.00 bits per heavy atom. The molecule has 0 aliphatic heterocycles. The molecule has 0 radical (unpaired) electrons. The molecule has 2 N–H and O–H groups in total. The molecule has 0 unspecified atom stereocenters. The van der Waals surface area contributed by atoms with Crippen LogP contribution in [0.15, 0.2) is 0 Å². The highest BCUT2D eigenvalue weighted by Crippen LogP contribution is 2.20. The molecule has 0 aromatic heterocycles. The van der Waals surface area contributed by atoms with Gasteiger partial charge in [-0.2, -0.15) is 5.26 Å². The summed E-state index contributed by atoms with van der Waals surface area (Å²) in [5.74, 6) is 0.443. The second-order valence-corrected chi connectivity index (χ2v) is 5.09. The van der Waals surface area contributed by atoms with Gasteiger partial charge in [0.25, 0.3) is 0 Å². The molecule has 0 heterocycles. The van der Waals surface area contributed by atoms with Crippen LogP contribution in [0.5, 0.6) is 0 Å². The third-order valence-electron chi connectivity index (χ3n) is 2.69. The fraction of sp³-hybridized carbons (Fsp3) is 0.917. The first-order chi connectivity index (χ1) is 6.93. The fourth-order valence-corrected chi connectivity index (χ4v) is 1.38. The summed E-state index contributed by atoms with van der Waals surface area (Å²) in [4.78, 5) is 0. The largest absolute Gasteiger partial charge is 0.395 e. The Bertz CT molecular complexity index is 206. The number of nitrogens with one attached hydrogen (secondary N) is 1. The number of hydrogen-bond acceptors (Lipinski definition) is 3. The maximum Gasteiger partial charge on any atom is 0.0683 e. The van der Waals surface area contributed by atoms with Crippen molar-refractivity contribution >= 4 is 0 Å². The molecule has 0 amide bonds. The van der Waals surface area contributed by atoms with E-state index in [0.29, 0.717) is 5.92 Å². The normalized spacial score (nSPS) is 13.9. The second kappa shape index (κ2) is 6.81. The number of nitriles is 1. The Balaban J connectivity index is 3.67. The number of rotatable bonds is 7. The highest BCUT2D eigenvalue weighted by Gasteiger charge is 2.16. The van der Waals surface area contributed by atoms with Crippen molar-refractivity contribution in [1.29, 1.82) is 5.26 Å². The van der Waals surface area contributed by atoms with Crippen molar-refractivity contribution in [3.8, 4) is 6.07 Å². The van der Waals surface area contributed by atoms with Gasteiger partial charge < -0.3 is 10.4 Å². The molecule has 88 valence electrons. The van der Waals surface area contributed by atoms with Gasteiger partial charge in [0.1, 0.15) is 0 Å². The fourth-order valence-electron chi connectivity index (χ4n) is 1.38. The summed E-state index contributed by atoms with van der Waals surface area (Å²) in [6, 6.07) is 2.47. The predicted octanol–water partition coefficient (Wildman–Crippen LogP) is 1.92. The molecule has 0 saturated carbocycles. The van der Waals surface area contributed by atoms with Crippen LogP contribution < -0.4 is 5.32 Å². The maximum atomic E-state index is 9.09. The maximum absolute atomic E-state index is 9.09. The summed E-state index contributed by atoms with van der Waals surface area (Å²) in [6.07, 6.45) is 1.87. The van der Waals surface area contributed by atoms with Gasteiger partial charge in [-0.25, -0.2) is 0 Å². The highest BCUT2D eigenvalue weighted by atomic mass is 16.3. The average molecular weight is 212 g/mol. The zero-order chi connectivity index (χ0) is 11.9. The molecule has 0 rings (SSSR count). The Morgan fingerprint density at radius 1 is 1.40 bits per heavy atom. The van der Waals surface area contributed by atoms with Crippen LogP contribution in [0, 0.1) is 22.7 Å². The smallest absolute Gasteiger partial charge is 0.0683 e. The van der Waals surface area contributed by atoms with Crippen molar-refractivity contribution in [2.75, 3.05) is 13.2 Å². The van der Waals surface area contributed by atoms with E-state index < -0.39 is 0 Å². The standard InChI is InChI=1S/C12H24N2O/c1-10(2)11(8-15)14-7-5-6-12(3,4)9-13/h10-11,14-15H,5-8H2,1-4H3/t11-/m1/s1. The summed E-state index contributed by atoms with van der Waals surface area (Å²) >= 11 is 0. The zero-order valence-electron chi connectivity index (χ0n) is 10.4. The topological polar surface area (TPSA) is 56.0 Å². The molecule has 0 aliphatic rings. The molecule has 0 bridgehead atoms. The lowest BCUT2D eigenvalue weighted by Crippen LogP contribution is -2.37. The summed E-state index contributed by atoms with van der Waals surface area (Å²) < 4.78 is 0. The highest BCUT2D eigenvalue weighted by molar-refractivity contribution is 4.91. The lowest BCUT2D eigenvalue weighted by Gasteiger charge is -2.21.